The van der Waals surface area contributed by atoms with Gasteiger partial charge in [-0.15, -0.1) is 0 Å². The van der Waals surface area contributed by atoms with E-state index in [2.05, 4.69) is 0 Å². The summed E-state index contributed by atoms with van der Waals surface area (Å²) in [6.07, 6.45) is 0. The van der Waals surface area contributed by atoms with Gasteiger partial charge in [0, 0.05) is 0 Å². The topological polar surface area (TPSA) is 103 Å². The van der Waals surface area contributed by atoms with Crippen molar-refractivity contribution in [1.29, 1.82) is 0 Å². The van der Waals surface area contributed by atoms with Crippen molar-refractivity contribution in [2.75, 3.05) is 0 Å². The number of carboxylic acids is 2. The Morgan fingerprint density at radius 2 is 1.07 bits per heavy atom. The van der Waals surface area contributed by atoms with Crippen molar-refractivity contribution >= 4 is 11.9 Å². The van der Waals surface area contributed by atoms with E-state index in [4.69, 9.17) is 10.2 Å². The van der Waals surface area contributed by atoms with Gasteiger partial charge in [-0.2, -0.15) is 0 Å². The minimum absolute atomic E-state index is 0. The second-order valence-electron chi connectivity index (χ2n) is 2.19. The van der Waals surface area contributed by atoms with Crippen molar-refractivity contribution in [3.63, 3.8) is 0 Å². The van der Waals surface area contributed by atoms with Gasteiger partial charge in [-0.3, -0.25) is 0 Å². The number of hydrogen-bond acceptors (Lipinski definition) is 2. The molecule has 2 N–H and O–H groups in total. The molecular formula is C8H6O5Zn. The molecule has 0 saturated carbocycles. The van der Waals surface area contributed by atoms with Crippen LogP contribution in [-0.2, 0) is 25.0 Å². The van der Waals surface area contributed by atoms with Crippen LogP contribution in [0.15, 0.2) is 24.3 Å². The van der Waals surface area contributed by atoms with Gasteiger partial charge in [0.05, 0.1) is 11.1 Å². The second kappa shape index (κ2) is 6.24. The third kappa shape index (κ3) is 3.64. The fraction of sp³-hybridized carbons (Fsp3) is 0. The van der Waals surface area contributed by atoms with Gasteiger partial charge in [-0.1, -0.05) is 0 Å². The molecule has 1 aromatic rings. The van der Waals surface area contributed by atoms with Gasteiger partial charge < -0.3 is 15.7 Å². The fourth-order valence-electron chi connectivity index (χ4n) is 0.755. The van der Waals surface area contributed by atoms with E-state index >= 15 is 0 Å². The first-order valence-corrected chi connectivity index (χ1v) is 3.18. The van der Waals surface area contributed by atoms with Crippen molar-refractivity contribution in [3.8, 4) is 0 Å². The van der Waals surface area contributed by atoms with Crippen LogP contribution in [-0.4, -0.2) is 22.2 Å². The summed E-state index contributed by atoms with van der Waals surface area (Å²) in [7, 11) is 0. The molecule has 0 aliphatic heterocycles. The van der Waals surface area contributed by atoms with Crippen molar-refractivity contribution in [3.05, 3.63) is 35.4 Å². The first kappa shape index (κ1) is 15.2. The van der Waals surface area contributed by atoms with Crippen molar-refractivity contribution in [2.45, 2.75) is 0 Å². The second-order valence-corrected chi connectivity index (χ2v) is 2.19. The average Bonchev–Trinajstić information content (AvgIpc) is 2.04. The minimum Gasteiger partial charge on any atom is -2.00 e. The number of carbonyl (C=O) groups is 2. The molecule has 0 fully saturated rings. The Morgan fingerprint density at radius 1 is 0.857 bits per heavy atom. The van der Waals surface area contributed by atoms with Gasteiger partial charge in [0.25, 0.3) is 0 Å². The summed E-state index contributed by atoms with van der Waals surface area (Å²) in [6, 6.07) is 5.02. The van der Waals surface area contributed by atoms with Gasteiger partial charge in [0.15, 0.2) is 0 Å². The van der Waals surface area contributed by atoms with Crippen LogP contribution in [0, 0.1) is 0 Å². The summed E-state index contributed by atoms with van der Waals surface area (Å²) in [5, 5.41) is 16.9. The number of hydrogen-bond donors (Lipinski definition) is 2. The van der Waals surface area contributed by atoms with Crippen LogP contribution >= 0.6 is 0 Å². The summed E-state index contributed by atoms with van der Waals surface area (Å²) < 4.78 is 0. The zero-order valence-corrected chi connectivity index (χ0v) is 10.1. The predicted molar refractivity (Wildman–Crippen MR) is 41.0 cm³/mol. The maximum Gasteiger partial charge on any atom is 2.00 e. The number of aromatic carboxylic acids is 2. The first-order valence-electron chi connectivity index (χ1n) is 3.18. The largest absolute Gasteiger partial charge is 2.00 e. The number of benzene rings is 1. The van der Waals surface area contributed by atoms with Crippen LogP contribution in [0.1, 0.15) is 20.7 Å². The molecule has 0 bridgehead atoms. The van der Waals surface area contributed by atoms with E-state index in [1.54, 1.807) is 0 Å². The molecule has 0 aromatic heterocycles. The third-order valence-electron chi connectivity index (χ3n) is 1.38. The molecule has 1 aromatic carbocycles. The maximum atomic E-state index is 10.3. The molecule has 0 heterocycles. The van der Waals surface area contributed by atoms with Crippen LogP contribution in [0.3, 0.4) is 0 Å². The van der Waals surface area contributed by atoms with Crippen LogP contribution in [0.4, 0.5) is 0 Å². The van der Waals surface area contributed by atoms with Crippen molar-refractivity contribution < 1.29 is 44.8 Å². The Labute approximate surface area is 92.4 Å². The quantitative estimate of drug-likeness (QED) is 0.760. The molecule has 0 aliphatic carbocycles. The van der Waals surface area contributed by atoms with Gasteiger partial charge in [-0.25, -0.2) is 9.59 Å². The Bertz CT molecular complexity index is 286. The Morgan fingerprint density at radius 3 is 1.21 bits per heavy atom. The Balaban J connectivity index is 0. The van der Waals surface area contributed by atoms with E-state index in [0.29, 0.717) is 0 Å². The van der Waals surface area contributed by atoms with E-state index in [-0.39, 0.29) is 36.1 Å². The van der Waals surface area contributed by atoms with Crippen LogP contribution in [0.25, 0.3) is 0 Å². The standard InChI is InChI=1S/C8H6O4.O.Zn/c9-7(10)5-1-2-6(4-3-5)8(11)12;;/h1-4H,(H,9,10)(H,11,12);;/q;-2;+2. The summed E-state index contributed by atoms with van der Waals surface area (Å²) >= 11 is 0. The Hall–Kier alpha value is -1.26. The SMILES string of the molecule is O=C(O)c1ccc(C(=O)O)cc1.[O-2].[Zn+2]. The molecule has 0 radical (unpaired) electrons. The van der Waals surface area contributed by atoms with Gasteiger partial charge in [-0.05, 0) is 24.3 Å². The van der Waals surface area contributed by atoms with Gasteiger partial charge >= 0.3 is 31.4 Å². The maximum absolute atomic E-state index is 10.3. The van der Waals surface area contributed by atoms with Crippen molar-refractivity contribution in [2.24, 2.45) is 0 Å². The van der Waals surface area contributed by atoms with Gasteiger partial charge in [0.2, 0.25) is 0 Å². The van der Waals surface area contributed by atoms with E-state index in [1.165, 1.54) is 24.3 Å². The number of carboxylic acid groups (broad SMARTS) is 2. The zero-order valence-electron chi connectivity index (χ0n) is 7.14. The summed E-state index contributed by atoms with van der Waals surface area (Å²) in [5.74, 6) is -2.13. The van der Waals surface area contributed by atoms with Crippen LogP contribution < -0.4 is 0 Å². The van der Waals surface area contributed by atoms with E-state index in [1.807, 2.05) is 0 Å². The molecule has 6 heteroatoms. The zero-order chi connectivity index (χ0) is 9.14. The molecule has 0 atom stereocenters. The summed E-state index contributed by atoms with van der Waals surface area (Å²) in [5.41, 5.74) is 0.167. The molecule has 0 spiro atoms. The molecular weight excluding hydrogens is 241 g/mol. The first-order chi connectivity index (χ1) is 5.61. The minimum atomic E-state index is -1.06. The molecule has 70 valence electrons. The van der Waals surface area contributed by atoms with E-state index in [9.17, 15) is 9.59 Å². The van der Waals surface area contributed by atoms with Gasteiger partial charge in [0.1, 0.15) is 0 Å². The smallest absolute Gasteiger partial charge is 2.00 e. The van der Waals surface area contributed by atoms with Crippen LogP contribution in [0.2, 0.25) is 0 Å². The van der Waals surface area contributed by atoms with E-state index < -0.39 is 11.9 Å². The summed E-state index contributed by atoms with van der Waals surface area (Å²) in [6.45, 7) is 0. The monoisotopic (exact) mass is 246 g/mol. The van der Waals surface area contributed by atoms with Crippen LogP contribution in [0.5, 0.6) is 0 Å². The normalized spacial score (nSPS) is 8.00. The van der Waals surface area contributed by atoms with E-state index in [0.717, 1.165) is 0 Å². The molecule has 5 nitrogen and oxygen atoms in total. The third-order valence-corrected chi connectivity index (χ3v) is 1.38. The summed E-state index contributed by atoms with van der Waals surface area (Å²) in [4.78, 5) is 20.7. The number of rotatable bonds is 2. The molecule has 14 heavy (non-hydrogen) atoms. The Kier molecular flexibility index (Phi) is 6.78. The fourth-order valence-corrected chi connectivity index (χ4v) is 0.755. The van der Waals surface area contributed by atoms with Crippen molar-refractivity contribution in [1.82, 2.24) is 0 Å². The average molecular weight is 248 g/mol. The molecule has 1 rings (SSSR count). The molecule has 0 aliphatic rings. The predicted octanol–water partition coefficient (Wildman–Crippen LogP) is 0.962. The molecule has 0 unspecified atom stereocenters. The molecule has 0 amide bonds. The molecule has 0 saturated heterocycles.